The van der Waals surface area contributed by atoms with Crippen molar-refractivity contribution in [2.24, 2.45) is 0 Å². The number of hydrogen-bond acceptors (Lipinski definition) is 1. The van der Waals surface area contributed by atoms with Gasteiger partial charge in [0, 0.05) is 18.4 Å². The Balaban J connectivity index is 2.04. The molecule has 0 spiro atoms. The number of rotatable bonds is 5. The predicted molar refractivity (Wildman–Crippen MR) is 68.4 cm³/mol. The lowest BCUT2D eigenvalue weighted by Crippen LogP contribution is -2.39. The SMILES string of the molecule is C#CCCC(NCC)C1Cc2ccccc21. The molecule has 0 aliphatic heterocycles. The van der Waals surface area contributed by atoms with Crippen LogP contribution >= 0.6 is 0 Å². The van der Waals surface area contributed by atoms with Gasteiger partial charge in [-0.1, -0.05) is 31.2 Å². The van der Waals surface area contributed by atoms with Crippen molar-refractivity contribution in [3.05, 3.63) is 35.4 Å². The molecular formula is C15H19N. The molecule has 1 aliphatic rings. The van der Waals surface area contributed by atoms with Gasteiger partial charge in [-0.15, -0.1) is 12.3 Å². The molecule has 1 aliphatic carbocycles. The summed E-state index contributed by atoms with van der Waals surface area (Å²) in [5, 5.41) is 3.56. The second kappa shape index (κ2) is 5.18. The van der Waals surface area contributed by atoms with Crippen LogP contribution in [0.3, 0.4) is 0 Å². The van der Waals surface area contributed by atoms with Crippen LogP contribution in [0.5, 0.6) is 0 Å². The van der Waals surface area contributed by atoms with E-state index in [9.17, 15) is 0 Å². The van der Waals surface area contributed by atoms with Crippen LogP contribution in [0.2, 0.25) is 0 Å². The number of nitrogens with one attached hydrogen (secondary N) is 1. The highest BCUT2D eigenvalue weighted by Crippen LogP contribution is 2.38. The Bertz CT molecular complexity index is 389. The summed E-state index contributed by atoms with van der Waals surface area (Å²) < 4.78 is 0. The van der Waals surface area contributed by atoms with Crippen molar-refractivity contribution in [1.82, 2.24) is 5.32 Å². The van der Waals surface area contributed by atoms with E-state index in [1.165, 1.54) is 17.5 Å². The third kappa shape index (κ3) is 2.13. The van der Waals surface area contributed by atoms with Crippen LogP contribution in [0.25, 0.3) is 0 Å². The van der Waals surface area contributed by atoms with E-state index in [0.717, 1.165) is 19.4 Å². The van der Waals surface area contributed by atoms with Gasteiger partial charge in [-0.25, -0.2) is 0 Å². The van der Waals surface area contributed by atoms with Gasteiger partial charge in [-0.05, 0) is 30.5 Å². The Morgan fingerprint density at radius 3 is 3.00 bits per heavy atom. The molecule has 2 atom stereocenters. The first-order valence-corrected chi connectivity index (χ1v) is 6.11. The van der Waals surface area contributed by atoms with Crippen molar-refractivity contribution >= 4 is 0 Å². The van der Waals surface area contributed by atoms with Crippen LogP contribution in [0.1, 0.15) is 36.8 Å². The van der Waals surface area contributed by atoms with Crippen LogP contribution < -0.4 is 5.32 Å². The third-order valence-corrected chi connectivity index (χ3v) is 3.45. The highest BCUT2D eigenvalue weighted by Gasteiger charge is 2.31. The summed E-state index contributed by atoms with van der Waals surface area (Å²) in [6.45, 7) is 3.18. The highest BCUT2D eigenvalue weighted by molar-refractivity contribution is 5.41. The Morgan fingerprint density at radius 1 is 1.50 bits per heavy atom. The van der Waals surface area contributed by atoms with Crippen molar-refractivity contribution in [2.45, 2.75) is 38.1 Å². The van der Waals surface area contributed by atoms with E-state index < -0.39 is 0 Å². The predicted octanol–water partition coefficient (Wildman–Crippen LogP) is 2.72. The first kappa shape index (κ1) is 11.2. The monoisotopic (exact) mass is 213 g/mol. The lowest BCUT2D eigenvalue weighted by Gasteiger charge is -2.37. The largest absolute Gasteiger partial charge is 0.314 e. The molecule has 1 aromatic carbocycles. The number of terminal acetylenes is 1. The molecule has 0 saturated carbocycles. The molecule has 0 radical (unpaired) electrons. The van der Waals surface area contributed by atoms with E-state index >= 15 is 0 Å². The van der Waals surface area contributed by atoms with Gasteiger partial charge in [0.05, 0.1) is 0 Å². The van der Waals surface area contributed by atoms with Crippen molar-refractivity contribution < 1.29 is 0 Å². The zero-order valence-corrected chi connectivity index (χ0v) is 9.87. The molecule has 0 amide bonds. The van der Waals surface area contributed by atoms with Gasteiger partial charge in [-0.2, -0.15) is 0 Å². The van der Waals surface area contributed by atoms with Gasteiger partial charge in [0.15, 0.2) is 0 Å². The average Bonchev–Trinajstić information content (AvgIpc) is 2.27. The van der Waals surface area contributed by atoms with E-state index in [4.69, 9.17) is 6.42 Å². The maximum absolute atomic E-state index is 5.35. The topological polar surface area (TPSA) is 12.0 Å². The molecule has 1 heteroatoms. The minimum Gasteiger partial charge on any atom is -0.314 e. The number of fused-ring (bicyclic) bond motifs is 1. The molecule has 84 valence electrons. The number of hydrogen-bond donors (Lipinski definition) is 1. The number of likely N-dealkylation sites (N-methyl/N-ethyl adjacent to an activating group) is 1. The molecule has 1 nitrogen and oxygen atoms in total. The Kier molecular flexibility index (Phi) is 3.64. The maximum atomic E-state index is 5.35. The molecule has 1 N–H and O–H groups in total. The third-order valence-electron chi connectivity index (χ3n) is 3.45. The van der Waals surface area contributed by atoms with Gasteiger partial charge < -0.3 is 5.32 Å². The number of benzene rings is 1. The summed E-state index contributed by atoms with van der Waals surface area (Å²) in [5.41, 5.74) is 3.03. The van der Waals surface area contributed by atoms with Crippen LogP contribution in [0.15, 0.2) is 24.3 Å². The summed E-state index contributed by atoms with van der Waals surface area (Å²) in [5.74, 6) is 3.41. The molecule has 0 bridgehead atoms. The summed E-state index contributed by atoms with van der Waals surface area (Å²) in [6, 6.07) is 9.30. The summed E-state index contributed by atoms with van der Waals surface area (Å²) in [7, 11) is 0. The Morgan fingerprint density at radius 2 is 2.31 bits per heavy atom. The fraction of sp³-hybridized carbons (Fsp3) is 0.467. The van der Waals surface area contributed by atoms with Crippen LogP contribution in [-0.4, -0.2) is 12.6 Å². The summed E-state index contributed by atoms with van der Waals surface area (Å²) in [4.78, 5) is 0. The van der Waals surface area contributed by atoms with Crippen molar-refractivity contribution in [3.8, 4) is 12.3 Å². The quantitative estimate of drug-likeness (QED) is 0.742. The molecule has 0 fully saturated rings. The molecule has 0 heterocycles. The Hall–Kier alpha value is -1.26. The highest BCUT2D eigenvalue weighted by atomic mass is 14.9. The minimum atomic E-state index is 0.552. The first-order chi connectivity index (χ1) is 7.86. The average molecular weight is 213 g/mol. The maximum Gasteiger partial charge on any atom is 0.0148 e. The van der Waals surface area contributed by atoms with Crippen LogP contribution in [0, 0.1) is 12.3 Å². The van der Waals surface area contributed by atoms with Crippen molar-refractivity contribution in [2.75, 3.05) is 6.54 Å². The normalized spacial score (nSPS) is 19.4. The van der Waals surface area contributed by atoms with Crippen LogP contribution in [0.4, 0.5) is 0 Å². The van der Waals surface area contributed by atoms with Gasteiger partial charge >= 0.3 is 0 Å². The minimum absolute atomic E-state index is 0.552. The van der Waals surface area contributed by atoms with Crippen molar-refractivity contribution in [3.63, 3.8) is 0 Å². The van der Waals surface area contributed by atoms with E-state index in [1.54, 1.807) is 0 Å². The molecular weight excluding hydrogens is 194 g/mol. The van der Waals surface area contributed by atoms with E-state index in [0.29, 0.717) is 12.0 Å². The lowest BCUT2D eigenvalue weighted by molar-refractivity contribution is 0.389. The fourth-order valence-corrected chi connectivity index (χ4v) is 2.60. The van der Waals surface area contributed by atoms with Gasteiger partial charge in [0.1, 0.15) is 0 Å². The first-order valence-electron chi connectivity index (χ1n) is 6.11. The van der Waals surface area contributed by atoms with Crippen molar-refractivity contribution in [1.29, 1.82) is 0 Å². The zero-order chi connectivity index (χ0) is 11.4. The van der Waals surface area contributed by atoms with E-state index in [1.807, 2.05) is 0 Å². The van der Waals surface area contributed by atoms with Crippen LogP contribution in [-0.2, 0) is 6.42 Å². The van der Waals surface area contributed by atoms with Gasteiger partial charge in [0.25, 0.3) is 0 Å². The second-order valence-corrected chi connectivity index (χ2v) is 4.42. The van der Waals surface area contributed by atoms with E-state index in [-0.39, 0.29) is 0 Å². The molecule has 0 aromatic heterocycles. The smallest absolute Gasteiger partial charge is 0.0148 e. The summed E-state index contributed by atoms with van der Waals surface area (Å²) in [6.07, 6.45) is 8.51. The zero-order valence-electron chi connectivity index (χ0n) is 9.87. The molecule has 2 unspecified atom stereocenters. The molecule has 1 aromatic rings. The fourth-order valence-electron chi connectivity index (χ4n) is 2.60. The van der Waals surface area contributed by atoms with Gasteiger partial charge in [0.2, 0.25) is 0 Å². The second-order valence-electron chi connectivity index (χ2n) is 4.42. The summed E-state index contributed by atoms with van der Waals surface area (Å²) >= 11 is 0. The molecule has 16 heavy (non-hydrogen) atoms. The van der Waals surface area contributed by atoms with Gasteiger partial charge in [-0.3, -0.25) is 0 Å². The Labute approximate surface area is 98.3 Å². The standard InChI is InChI=1S/C15H19N/c1-3-5-10-15(16-4-2)14-11-12-8-6-7-9-13(12)14/h1,6-9,14-16H,4-5,10-11H2,2H3. The molecule has 0 saturated heterocycles. The lowest BCUT2D eigenvalue weighted by atomic mass is 9.72. The van der Waals surface area contributed by atoms with E-state index in [2.05, 4.69) is 42.4 Å². The molecule has 2 rings (SSSR count).